The molecule has 2 saturated heterocycles. The van der Waals surface area contributed by atoms with Crippen molar-refractivity contribution in [2.75, 3.05) is 13.2 Å². The molecule has 0 aliphatic carbocycles. The van der Waals surface area contributed by atoms with Crippen LogP contribution in [0.4, 0.5) is 0 Å². The van der Waals surface area contributed by atoms with Gasteiger partial charge in [0, 0.05) is 30.3 Å². The van der Waals surface area contributed by atoms with Crippen molar-refractivity contribution in [2.45, 2.75) is 153 Å². The van der Waals surface area contributed by atoms with Crippen molar-refractivity contribution in [3.63, 3.8) is 0 Å². The van der Waals surface area contributed by atoms with Gasteiger partial charge in [-0.05, 0) is 67.7 Å². The van der Waals surface area contributed by atoms with Crippen LogP contribution >= 0.6 is 15.9 Å². The Balaban J connectivity index is 1.83. The van der Waals surface area contributed by atoms with Gasteiger partial charge >= 0.3 is 0 Å². The molecular formula is C32H57BrO6Si2. The molecule has 2 fully saturated rings. The maximum absolute atomic E-state index is 10.4. The van der Waals surface area contributed by atoms with Gasteiger partial charge in [0.2, 0.25) is 0 Å². The second kappa shape index (κ2) is 13.1. The van der Waals surface area contributed by atoms with E-state index in [0.717, 1.165) is 22.9 Å². The predicted molar refractivity (Wildman–Crippen MR) is 175 cm³/mol. The SMILES string of the molecule is CC(C)(C)[Si](C)(C)O[C@H]1C[C@H](CCOCc2ccccc2Br)O[C@@]2(C1)C[C@@](C)(O[Si](C)(C)C(C)(C)C)C[C@H](CO)O2. The van der Waals surface area contributed by atoms with E-state index in [1.165, 1.54) is 0 Å². The van der Waals surface area contributed by atoms with Crippen molar-refractivity contribution in [3.05, 3.63) is 34.3 Å². The Hall–Kier alpha value is -0.106. The van der Waals surface area contributed by atoms with Crippen LogP contribution in [0.25, 0.3) is 0 Å². The Labute approximate surface area is 260 Å². The zero-order valence-electron chi connectivity index (χ0n) is 27.6. The fourth-order valence-electron chi connectivity index (χ4n) is 5.64. The first-order chi connectivity index (χ1) is 18.7. The van der Waals surface area contributed by atoms with E-state index in [4.69, 9.17) is 23.1 Å². The van der Waals surface area contributed by atoms with Gasteiger partial charge in [0.25, 0.3) is 0 Å². The minimum atomic E-state index is -2.09. The van der Waals surface area contributed by atoms with Gasteiger partial charge in [-0.2, -0.15) is 0 Å². The Morgan fingerprint density at radius 3 is 2.15 bits per heavy atom. The molecule has 3 rings (SSSR count). The minimum Gasteiger partial charge on any atom is -0.414 e. The van der Waals surface area contributed by atoms with Crippen LogP contribution in [0.2, 0.25) is 36.3 Å². The summed E-state index contributed by atoms with van der Waals surface area (Å²) in [6.07, 6.45) is 3.04. The Kier molecular flexibility index (Phi) is 11.3. The van der Waals surface area contributed by atoms with Gasteiger partial charge in [-0.15, -0.1) is 0 Å². The van der Waals surface area contributed by atoms with Crippen LogP contribution in [0.15, 0.2) is 28.7 Å². The molecule has 1 N–H and O–H groups in total. The van der Waals surface area contributed by atoms with Crippen molar-refractivity contribution in [2.24, 2.45) is 0 Å². The van der Waals surface area contributed by atoms with Gasteiger partial charge in [0.1, 0.15) is 0 Å². The number of halogens is 1. The van der Waals surface area contributed by atoms with Crippen LogP contribution in [0.3, 0.4) is 0 Å². The molecule has 6 nitrogen and oxygen atoms in total. The van der Waals surface area contributed by atoms with Gasteiger partial charge in [-0.25, -0.2) is 0 Å². The Bertz CT molecular complexity index is 1010. The third-order valence-corrected chi connectivity index (χ3v) is 19.6. The molecule has 0 aromatic heterocycles. The third-order valence-electron chi connectivity index (χ3n) is 9.71. The number of rotatable bonds is 10. The average Bonchev–Trinajstić information content (AvgIpc) is 2.79. The summed E-state index contributed by atoms with van der Waals surface area (Å²) >= 11 is 3.62. The number of aliphatic hydroxyl groups is 1. The zero-order valence-corrected chi connectivity index (χ0v) is 31.2. The molecule has 2 aliphatic rings. The van der Waals surface area contributed by atoms with Crippen LogP contribution in [0.5, 0.6) is 0 Å². The molecule has 0 radical (unpaired) electrons. The summed E-state index contributed by atoms with van der Waals surface area (Å²) < 4.78 is 34.8. The van der Waals surface area contributed by atoms with Crippen molar-refractivity contribution < 1.29 is 28.2 Å². The maximum Gasteiger partial charge on any atom is 0.192 e. The molecule has 236 valence electrons. The molecule has 5 atom stereocenters. The Morgan fingerprint density at radius 1 is 0.951 bits per heavy atom. The molecule has 0 saturated carbocycles. The standard InChI is InChI=1S/C32H57BrO6Si2/c1-29(2,3)40(8,9)38-26-18-25(16-17-35-22-24-14-12-13-15-28(24)33)36-32(20-26)23-31(7,19-27(21-34)37-32)39-41(10,11)30(4,5)6/h12-15,25-27,34H,16-23H2,1-11H3/t25-,26-,27+,31-,32+/m0/s1. The number of aliphatic hydroxyl groups excluding tert-OH is 1. The molecule has 0 unspecified atom stereocenters. The second-order valence-electron chi connectivity index (χ2n) is 15.6. The van der Waals surface area contributed by atoms with Crippen LogP contribution in [-0.4, -0.2) is 64.7 Å². The summed E-state index contributed by atoms with van der Waals surface area (Å²) in [6.45, 7) is 26.1. The molecule has 1 aromatic carbocycles. The van der Waals surface area contributed by atoms with Gasteiger partial charge in [0.15, 0.2) is 22.4 Å². The van der Waals surface area contributed by atoms with E-state index in [1.807, 2.05) is 18.2 Å². The lowest BCUT2D eigenvalue weighted by molar-refractivity contribution is -0.350. The first kappa shape index (κ1) is 35.4. The topological polar surface area (TPSA) is 66.4 Å². The Morgan fingerprint density at radius 2 is 1.56 bits per heavy atom. The smallest absolute Gasteiger partial charge is 0.192 e. The van der Waals surface area contributed by atoms with Gasteiger partial charge in [0.05, 0.1) is 37.1 Å². The van der Waals surface area contributed by atoms with E-state index >= 15 is 0 Å². The monoisotopic (exact) mass is 672 g/mol. The lowest BCUT2D eigenvalue weighted by Gasteiger charge is -2.56. The number of hydrogen-bond acceptors (Lipinski definition) is 6. The number of hydrogen-bond donors (Lipinski definition) is 1. The van der Waals surface area contributed by atoms with E-state index in [-0.39, 0.29) is 35.0 Å². The summed E-state index contributed by atoms with van der Waals surface area (Å²) in [7, 11) is -4.12. The highest BCUT2D eigenvalue weighted by Crippen LogP contribution is 2.50. The zero-order chi connectivity index (χ0) is 30.9. The van der Waals surface area contributed by atoms with E-state index in [1.54, 1.807) is 0 Å². The number of benzene rings is 1. The van der Waals surface area contributed by atoms with Crippen molar-refractivity contribution in [1.82, 2.24) is 0 Å². The lowest BCUT2D eigenvalue weighted by atomic mass is 9.82. The van der Waals surface area contributed by atoms with Crippen molar-refractivity contribution >= 4 is 32.6 Å². The third kappa shape index (κ3) is 9.20. The van der Waals surface area contributed by atoms with Crippen LogP contribution in [-0.2, 0) is 29.7 Å². The van der Waals surface area contributed by atoms with E-state index < -0.39 is 28.0 Å². The molecule has 0 bridgehead atoms. The lowest BCUT2D eigenvalue weighted by Crippen LogP contribution is -2.62. The largest absolute Gasteiger partial charge is 0.414 e. The summed E-state index contributed by atoms with van der Waals surface area (Å²) in [5, 5.41) is 10.5. The maximum atomic E-state index is 10.4. The molecule has 1 aromatic rings. The molecule has 9 heteroatoms. The second-order valence-corrected chi connectivity index (χ2v) is 26.0. The minimum absolute atomic E-state index is 0.00692. The van der Waals surface area contributed by atoms with Gasteiger partial charge < -0.3 is 28.2 Å². The normalized spacial score (nSPS) is 30.1. The van der Waals surface area contributed by atoms with E-state index in [0.29, 0.717) is 32.5 Å². The molecule has 41 heavy (non-hydrogen) atoms. The average molecular weight is 674 g/mol. The molecular weight excluding hydrogens is 616 g/mol. The highest BCUT2D eigenvalue weighted by molar-refractivity contribution is 9.10. The van der Waals surface area contributed by atoms with Crippen LogP contribution in [0, 0.1) is 0 Å². The predicted octanol–water partition coefficient (Wildman–Crippen LogP) is 8.57. The fraction of sp³-hybridized carbons (Fsp3) is 0.812. The van der Waals surface area contributed by atoms with Crippen LogP contribution < -0.4 is 0 Å². The van der Waals surface area contributed by atoms with E-state index in [2.05, 4.69) is 96.7 Å². The van der Waals surface area contributed by atoms with Crippen LogP contribution in [0.1, 0.15) is 86.1 Å². The van der Waals surface area contributed by atoms with Gasteiger partial charge in [-0.1, -0.05) is 75.7 Å². The highest BCUT2D eigenvalue weighted by atomic mass is 79.9. The van der Waals surface area contributed by atoms with Gasteiger partial charge in [-0.3, -0.25) is 0 Å². The summed E-state index contributed by atoms with van der Waals surface area (Å²) in [5.74, 6) is -0.874. The first-order valence-corrected chi connectivity index (χ1v) is 22.0. The summed E-state index contributed by atoms with van der Waals surface area (Å²) in [6, 6.07) is 8.16. The quantitative estimate of drug-likeness (QED) is 0.198. The summed E-state index contributed by atoms with van der Waals surface area (Å²) in [5.41, 5.74) is 0.668. The molecule has 2 heterocycles. The molecule has 0 amide bonds. The summed E-state index contributed by atoms with van der Waals surface area (Å²) in [4.78, 5) is 0. The molecule has 2 aliphatic heterocycles. The number of ether oxygens (including phenoxy) is 3. The van der Waals surface area contributed by atoms with E-state index in [9.17, 15) is 5.11 Å². The molecule has 1 spiro atoms. The fourth-order valence-corrected chi connectivity index (χ4v) is 9.10. The van der Waals surface area contributed by atoms with Crippen molar-refractivity contribution in [1.29, 1.82) is 0 Å². The highest BCUT2D eigenvalue weighted by Gasteiger charge is 2.56. The first-order valence-electron chi connectivity index (χ1n) is 15.4. The van der Waals surface area contributed by atoms with Crippen molar-refractivity contribution in [3.8, 4) is 0 Å².